The van der Waals surface area contributed by atoms with Gasteiger partial charge in [0.05, 0.1) is 48.7 Å². The number of aromatic nitrogens is 4. The fraction of sp³-hybridized carbons (Fsp3) is 0.489. The Labute approximate surface area is 339 Å². The summed E-state index contributed by atoms with van der Waals surface area (Å²) in [5, 5.41) is 4.72. The molecule has 0 aliphatic carbocycles. The molecule has 0 saturated carbocycles. The van der Waals surface area contributed by atoms with Gasteiger partial charge in [-0.1, -0.05) is 59.2 Å². The van der Waals surface area contributed by atoms with E-state index in [0.29, 0.717) is 50.3 Å². The summed E-state index contributed by atoms with van der Waals surface area (Å²) in [6.45, 7) is 12.5. The van der Waals surface area contributed by atoms with Crippen LogP contribution in [-0.4, -0.2) is 87.6 Å². The summed E-state index contributed by atoms with van der Waals surface area (Å²) in [7, 11) is 2.96. The van der Waals surface area contributed by atoms with E-state index in [1.165, 1.54) is 7.11 Å². The van der Waals surface area contributed by atoms with Crippen LogP contribution in [-0.2, 0) is 25.7 Å². The number of nitrogens with zero attached hydrogens (tertiary/aromatic N) is 4. The highest BCUT2D eigenvalue weighted by atomic mass is 16.5. The Balaban J connectivity index is 1.06. The van der Waals surface area contributed by atoms with Crippen molar-refractivity contribution < 1.29 is 28.6 Å². The average molecular weight is 790 g/mol. The Morgan fingerprint density at radius 2 is 1.78 bits per heavy atom. The Morgan fingerprint density at radius 1 is 0.966 bits per heavy atom. The highest BCUT2D eigenvalue weighted by Crippen LogP contribution is 2.44. The molecule has 0 spiro atoms. The number of hydrogen-bond acceptors (Lipinski definition) is 8. The van der Waals surface area contributed by atoms with E-state index in [2.05, 4.69) is 72.5 Å². The minimum absolute atomic E-state index is 0.0433. The minimum atomic E-state index is -0.746. The molecule has 3 N–H and O–H groups in total. The Hall–Kier alpha value is -5.43. The van der Waals surface area contributed by atoms with Gasteiger partial charge >= 0.3 is 6.09 Å². The summed E-state index contributed by atoms with van der Waals surface area (Å²) in [5.41, 5.74) is 6.84. The number of amides is 3. The first-order valence-corrected chi connectivity index (χ1v) is 20.7. The number of rotatable bonds is 11. The normalized spacial score (nSPS) is 21.2. The second-order valence-corrected chi connectivity index (χ2v) is 17.0. The van der Waals surface area contributed by atoms with Crippen molar-refractivity contribution in [2.75, 3.05) is 33.9 Å². The number of H-pyrrole nitrogens is 2. The zero-order valence-corrected chi connectivity index (χ0v) is 34.6. The fourth-order valence-electron chi connectivity index (χ4n) is 9.08. The zero-order chi connectivity index (χ0) is 40.8. The van der Waals surface area contributed by atoms with Gasteiger partial charge in [-0.2, -0.15) is 0 Å². The lowest BCUT2D eigenvalue weighted by Crippen LogP contribution is -2.51. The molecule has 13 nitrogen and oxygen atoms in total. The third-order valence-electron chi connectivity index (χ3n) is 12.4. The maximum absolute atomic E-state index is 14.0. The molecule has 6 atom stereocenters. The number of methoxy groups -OCH3 is 2. The zero-order valence-electron chi connectivity index (χ0n) is 34.6. The van der Waals surface area contributed by atoms with Gasteiger partial charge in [0, 0.05) is 43.5 Å². The molecule has 13 heteroatoms. The van der Waals surface area contributed by atoms with Crippen LogP contribution >= 0.6 is 0 Å². The van der Waals surface area contributed by atoms with E-state index >= 15 is 0 Å². The van der Waals surface area contributed by atoms with E-state index in [0.717, 1.165) is 80.7 Å². The SMILES string of the molecule is CC[C@H](C)CC(=O)N1C[C@@H](C)CC1c1ncc(-c2ccc3c(c2)COc2cc4c(ccc5[nH]c([C@@H]6C[C@H](COC)CN6C(=O)[C@@H](NC(=O)OC)C(C)C)nc54)cc2-3)[nH]1. The standard InChI is InChI=1S/C45H55N7O6/c1-8-25(4)14-39(53)51-20-26(5)13-36(51)42-46-19-35(48-42)29-9-11-31-30(16-29)23-58-38-18-32-28(17-33(31)38)10-12-34-41(32)49-43(47-34)37-15-27(22-56-6)21-52(37)44(54)40(24(2)3)50-45(55)57-7/h9-12,16-19,24-27,36-37,40H,8,13-15,20-23H2,1-7H3,(H,46,48)(H,47,49)(H,50,55)/t25-,26-,27-,36?,37-,40-/m0/s1. The van der Waals surface area contributed by atoms with E-state index < -0.39 is 12.1 Å². The minimum Gasteiger partial charge on any atom is -0.488 e. The molecular formula is C45H55N7O6. The van der Waals surface area contributed by atoms with Crippen molar-refractivity contribution in [1.82, 2.24) is 35.1 Å². The summed E-state index contributed by atoms with van der Waals surface area (Å²) >= 11 is 0. The second kappa shape index (κ2) is 16.1. The third kappa shape index (κ3) is 7.40. The number of aromatic amines is 2. The number of nitrogens with one attached hydrogen (secondary N) is 3. The van der Waals surface area contributed by atoms with Crippen molar-refractivity contribution in [3.63, 3.8) is 0 Å². The smallest absolute Gasteiger partial charge is 0.407 e. The van der Waals surface area contributed by atoms with E-state index in [4.69, 9.17) is 24.2 Å². The summed E-state index contributed by atoms with van der Waals surface area (Å²) in [6, 6.07) is 13.7. The van der Waals surface area contributed by atoms with Gasteiger partial charge in [0.2, 0.25) is 11.8 Å². The van der Waals surface area contributed by atoms with Gasteiger partial charge in [-0.15, -0.1) is 0 Å². The van der Waals surface area contributed by atoms with Crippen molar-refractivity contribution in [2.45, 2.75) is 85.0 Å². The number of carbonyl (C=O) groups is 3. The second-order valence-electron chi connectivity index (χ2n) is 17.0. The number of likely N-dealkylation sites (tertiary alicyclic amines) is 2. The van der Waals surface area contributed by atoms with Gasteiger partial charge in [-0.05, 0) is 76.9 Å². The van der Waals surface area contributed by atoms with E-state index in [1.807, 2.05) is 35.9 Å². The van der Waals surface area contributed by atoms with Crippen LogP contribution in [0.5, 0.6) is 5.75 Å². The van der Waals surface area contributed by atoms with E-state index in [-0.39, 0.29) is 35.7 Å². The molecule has 5 heterocycles. The van der Waals surface area contributed by atoms with E-state index in [9.17, 15) is 14.4 Å². The van der Waals surface area contributed by atoms with Gasteiger partial charge in [0.1, 0.15) is 30.0 Å². The summed E-state index contributed by atoms with van der Waals surface area (Å²) in [5.74, 6) is 3.11. The largest absolute Gasteiger partial charge is 0.488 e. The molecule has 3 aliphatic rings. The number of benzene rings is 3. The third-order valence-corrected chi connectivity index (χ3v) is 12.4. The summed E-state index contributed by atoms with van der Waals surface area (Å²) < 4.78 is 16.8. The molecule has 306 valence electrons. The number of fused-ring (bicyclic) bond motifs is 6. The van der Waals surface area contributed by atoms with Crippen molar-refractivity contribution >= 4 is 39.7 Å². The van der Waals surface area contributed by atoms with Gasteiger partial charge in [0.15, 0.2) is 0 Å². The van der Waals surface area contributed by atoms with Gasteiger partial charge in [-0.25, -0.2) is 14.8 Å². The summed E-state index contributed by atoms with van der Waals surface area (Å²) in [4.78, 5) is 60.4. The van der Waals surface area contributed by atoms with Crippen LogP contribution in [0.2, 0.25) is 0 Å². The highest BCUT2D eigenvalue weighted by Gasteiger charge is 2.42. The molecule has 5 aromatic rings. The topological polar surface area (TPSA) is 155 Å². The first kappa shape index (κ1) is 39.4. The quantitative estimate of drug-likeness (QED) is 0.122. The molecular weight excluding hydrogens is 735 g/mol. The van der Waals surface area contributed by atoms with Gasteiger partial charge < -0.3 is 39.3 Å². The van der Waals surface area contributed by atoms with Crippen molar-refractivity contribution in [3.05, 3.63) is 65.9 Å². The van der Waals surface area contributed by atoms with Crippen LogP contribution < -0.4 is 10.1 Å². The molecule has 3 aliphatic heterocycles. The van der Waals surface area contributed by atoms with Crippen LogP contribution in [0.25, 0.3) is 44.2 Å². The van der Waals surface area contributed by atoms with Crippen LogP contribution in [0, 0.1) is 23.7 Å². The molecule has 2 fully saturated rings. The number of imidazole rings is 2. The highest BCUT2D eigenvalue weighted by molar-refractivity contribution is 6.07. The molecule has 2 aromatic heterocycles. The Morgan fingerprint density at radius 3 is 2.53 bits per heavy atom. The molecule has 0 bridgehead atoms. The Bertz CT molecular complexity index is 2350. The molecule has 0 radical (unpaired) electrons. The number of hydrogen-bond donors (Lipinski definition) is 3. The predicted molar refractivity (Wildman–Crippen MR) is 222 cm³/mol. The lowest BCUT2D eigenvalue weighted by atomic mass is 9.92. The molecule has 3 amide bonds. The van der Waals surface area contributed by atoms with Crippen molar-refractivity contribution in [1.29, 1.82) is 0 Å². The fourth-order valence-corrected chi connectivity index (χ4v) is 9.08. The lowest BCUT2D eigenvalue weighted by molar-refractivity contribution is -0.136. The number of alkyl carbamates (subject to hydrolysis) is 1. The Kier molecular flexibility index (Phi) is 10.9. The molecule has 58 heavy (non-hydrogen) atoms. The van der Waals surface area contributed by atoms with Crippen molar-refractivity contribution in [3.8, 4) is 28.1 Å². The average Bonchev–Trinajstić information content (AvgIpc) is 4.04. The lowest BCUT2D eigenvalue weighted by Gasteiger charge is -2.30. The molecule has 8 rings (SSSR count). The maximum Gasteiger partial charge on any atom is 0.407 e. The number of carbonyl (C=O) groups excluding carboxylic acids is 3. The first-order chi connectivity index (χ1) is 28.0. The maximum atomic E-state index is 14.0. The first-order valence-electron chi connectivity index (χ1n) is 20.7. The van der Waals surface area contributed by atoms with Crippen LogP contribution in [0.15, 0.2) is 48.7 Å². The van der Waals surface area contributed by atoms with Crippen LogP contribution in [0.1, 0.15) is 89.6 Å². The monoisotopic (exact) mass is 789 g/mol. The summed E-state index contributed by atoms with van der Waals surface area (Å²) in [6.07, 6.45) is 4.37. The van der Waals surface area contributed by atoms with Crippen molar-refractivity contribution in [2.24, 2.45) is 23.7 Å². The predicted octanol–water partition coefficient (Wildman–Crippen LogP) is 7.93. The molecule has 1 unspecified atom stereocenters. The molecule has 2 saturated heterocycles. The number of ether oxygens (including phenoxy) is 3. The van der Waals surface area contributed by atoms with E-state index in [1.54, 1.807) is 7.11 Å². The van der Waals surface area contributed by atoms with Gasteiger partial charge in [0.25, 0.3) is 0 Å². The van der Waals surface area contributed by atoms with Crippen LogP contribution in [0.3, 0.4) is 0 Å². The van der Waals surface area contributed by atoms with Crippen LogP contribution in [0.4, 0.5) is 4.79 Å². The van der Waals surface area contributed by atoms with Gasteiger partial charge in [-0.3, -0.25) is 9.59 Å². The molecule has 3 aromatic carbocycles.